The number of alkyl halides is 3. The molecule has 0 aliphatic carbocycles. The molecule has 2 aliphatic rings. The number of methoxy groups -OCH3 is 1. The van der Waals surface area contributed by atoms with Crippen molar-refractivity contribution in [2.75, 3.05) is 47.4 Å². The number of hydrogen-bond donors (Lipinski definition) is 1. The Morgan fingerprint density at radius 1 is 1.31 bits per heavy atom. The van der Waals surface area contributed by atoms with E-state index < -0.39 is 12.1 Å². The molecule has 0 bridgehead atoms. The van der Waals surface area contributed by atoms with E-state index in [-0.39, 0.29) is 23.9 Å². The third-order valence-corrected chi connectivity index (χ3v) is 4.17. The Hall–Kier alpha value is -1.88. The molecule has 2 atom stereocenters. The first-order valence-electron chi connectivity index (χ1n) is 8.01. The molecule has 2 fully saturated rings. The number of rotatable bonds is 5. The van der Waals surface area contributed by atoms with Crippen molar-refractivity contribution < 1.29 is 37.4 Å². The smallest absolute Gasteiger partial charge is 0.475 e. The molecule has 0 saturated carbocycles. The van der Waals surface area contributed by atoms with Crippen molar-refractivity contribution in [1.82, 2.24) is 14.7 Å². The van der Waals surface area contributed by atoms with Gasteiger partial charge in [0.2, 0.25) is 11.8 Å². The zero-order valence-corrected chi connectivity index (χ0v) is 15.0. The van der Waals surface area contributed by atoms with Gasteiger partial charge in [0.05, 0.1) is 25.2 Å². The lowest BCUT2D eigenvalue weighted by Crippen LogP contribution is -2.43. The summed E-state index contributed by atoms with van der Waals surface area (Å²) in [7, 11) is 5.41. The minimum atomic E-state index is -5.08. The van der Waals surface area contributed by atoms with Crippen LogP contribution in [-0.2, 0) is 19.1 Å². The monoisotopic (exact) mass is 383 g/mol. The van der Waals surface area contributed by atoms with Crippen molar-refractivity contribution in [3.8, 4) is 0 Å². The van der Waals surface area contributed by atoms with Gasteiger partial charge in [0, 0.05) is 26.6 Å². The van der Waals surface area contributed by atoms with Crippen molar-refractivity contribution in [2.45, 2.75) is 31.1 Å². The molecular weight excluding hydrogens is 359 g/mol. The van der Waals surface area contributed by atoms with Crippen LogP contribution in [0, 0.1) is 0 Å². The highest BCUT2D eigenvalue weighted by atomic mass is 19.4. The molecule has 0 radical (unpaired) electrons. The first-order chi connectivity index (χ1) is 12.0. The lowest BCUT2D eigenvalue weighted by Gasteiger charge is -2.26. The number of carboxylic acids is 1. The van der Waals surface area contributed by atoms with Gasteiger partial charge in [0.15, 0.2) is 0 Å². The van der Waals surface area contributed by atoms with Crippen LogP contribution >= 0.6 is 0 Å². The summed E-state index contributed by atoms with van der Waals surface area (Å²) in [5.74, 6) is -2.49. The van der Waals surface area contributed by atoms with Crippen LogP contribution in [0.1, 0.15) is 12.8 Å². The van der Waals surface area contributed by atoms with Crippen molar-refractivity contribution in [2.24, 2.45) is 0 Å². The summed E-state index contributed by atoms with van der Waals surface area (Å²) in [6.07, 6.45) is -3.73. The predicted molar refractivity (Wildman–Crippen MR) is 84.4 cm³/mol. The van der Waals surface area contributed by atoms with Crippen LogP contribution in [0.2, 0.25) is 0 Å². The molecule has 2 amide bonds. The molecule has 0 spiro atoms. The molecule has 0 aromatic heterocycles. The molecule has 11 heteroatoms. The summed E-state index contributed by atoms with van der Waals surface area (Å²) in [5.41, 5.74) is 0. The summed E-state index contributed by atoms with van der Waals surface area (Å²) >= 11 is 0. The van der Waals surface area contributed by atoms with Gasteiger partial charge in [0.25, 0.3) is 0 Å². The second-order valence-electron chi connectivity index (χ2n) is 6.34. The molecule has 8 nitrogen and oxygen atoms in total. The van der Waals surface area contributed by atoms with E-state index in [1.54, 1.807) is 7.11 Å². The van der Waals surface area contributed by atoms with E-state index in [0.29, 0.717) is 26.1 Å². The minimum absolute atomic E-state index is 0.0665. The average molecular weight is 383 g/mol. The standard InChI is InChI=1S/C13H23N3O3.C2HF3O2/c1-14(2)9-13(18)15-5-4-10-11(15)8-12(17)16(10)6-7-19-3;3-2(4,5)1(6)7/h10-11H,4-9H2,1-3H3;(H,6,7). The number of carboxylic acid groups (broad SMARTS) is 1. The van der Waals surface area contributed by atoms with E-state index in [1.165, 1.54) is 0 Å². The third-order valence-electron chi connectivity index (χ3n) is 4.17. The SMILES string of the molecule is COCCN1C(=O)CC2C1CCN2C(=O)CN(C)C.O=C(O)C(F)(F)F. The second kappa shape index (κ2) is 9.17. The molecule has 2 saturated heterocycles. The summed E-state index contributed by atoms with van der Waals surface area (Å²) in [6.45, 7) is 2.36. The zero-order valence-electron chi connectivity index (χ0n) is 15.0. The van der Waals surface area contributed by atoms with Crippen LogP contribution < -0.4 is 0 Å². The number of halogens is 3. The maximum atomic E-state index is 12.2. The molecule has 2 heterocycles. The fraction of sp³-hybridized carbons (Fsp3) is 0.800. The fourth-order valence-electron chi connectivity index (χ4n) is 3.08. The third kappa shape index (κ3) is 5.84. The molecule has 2 aliphatic heterocycles. The molecule has 2 unspecified atom stereocenters. The second-order valence-corrected chi connectivity index (χ2v) is 6.34. The molecule has 0 aromatic carbocycles. The first-order valence-corrected chi connectivity index (χ1v) is 8.01. The Morgan fingerprint density at radius 3 is 2.35 bits per heavy atom. The molecule has 26 heavy (non-hydrogen) atoms. The number of aliphatic carboxylic acids is 1. The Labute approximate surface area is 149 Å². The van der Waals surface area contributed by atoms with Gasteiger partial charge >= 0.3 is 12.1 Å². The van der Waals surface area contributed by atoms with Gasteiger partial charge in [-0.2, -0.15) is 13.2 Å². The normalized spacial score (nSPS) is 22.3. The number of carbonyl (C=O) groups excluding carboxylic acids is 2. The number of likely N-dealkylation sites (tertiary alicyclic amines) is 2. The summed E-state index contributed by atoms with van der Waals surface area (Å²) in [5, 5.41) is 7.12. The molecule has 0 aromatic rings. The molecule has 1 N–H and O–H groups in total. The van der Waals surface area contributed by atoms with Crippen molar-refractivity contribution in [1.29, 1.82) is 0 Å². The fourth-order valence-corrected chi connectivity index (χ4v) is 3.08. The summed E-state index contributed by atoms with van der Waals surface area (Å²) < 4.78 is 36.8. The quantitative estimate of drug-likeness (QED) is 0.721. The highest BCUT2D eigenvalue weighted by Gasteiger charge is 2.47. The molecule has 150 valence electrons. The maximum Gasteiger partial charge on any atom is 0.490 e. The van der Waals surface area contributed by atoms with E-state index in [2.05, 4.69) is 0 Å². The van der Waals surface area contributed by atoms with Crippen molar-refractivity contribution >= 4 is 17.8 Å². The van der Waals surface area contributed by atoms with Crippen LogP contribution in [0.15, 0.2) is 0 Å². The predicted octanol–water partition coefficient (Wildman–Crippen LogP) is 0.0295. The Bertz CT molecular complexity index is 527. The van der Waals surface area contributed by atoms with Gasteiger partial charge < -0.3 is 24.5 Å². The topological polar surface area (TPSA) is 90.4 Å². The average Bonchev–Trinajstić information content (AvgIpc) is 3.02. The van der Waals surface area contributed by atoms with E-state index in [1.807, 2.05) is 28.8 Å². The summed E-state index contributed by atoms with van der Waals surface area (Å²) in [4.78, 5) is 38.7. The van der Waals surface area contributed by atoms with E-state index >= 15 is 0 Å². The van der Waals surface area contributed by atoms with Gasteiger partial charge in [-0.15, -0.1) is 0 Å². The highest BCUT2D eigenvalue weighted by molar-refractivity contribution is 5.84. The van der Waals surface area contributed by atoms with Crippen LogP contribution in [0.25, 0.3) is 0 Å². The van der Waals surface area contributed by atoms with E-state index in [4.69, 9.17) is 14.6 Å². The Kier molecular flexibility index (Phi) is 7.82. The lowest BCUT2D eigenvalue weighted by atomic mass is 10.1. The largest absolute Gasteiger partial charge is 0.490 e. The minimum Gasteiger partial charge on any atom is -0.475 e. The highest BCUT2D eigenvalue weighted by Crippen LogP contribution is 2.32. The van der Waals surface area contributed by atoms with Gasteiger partial charge in [-0.3, -0.25) is 9.59 Å². The van der Waals surface area contributed by atoms with Gasteiger partial charge in [-0.1, -0.05) is 0 Å². The number of hydrogen-bond acceptors (Lipinski definition) is 5. The first kappa shape index (κ1) is 22.2. The summed E-state index contributed by atoms with van der Waals surface area (Å²) in [6, 6.07) is 0.255. The van der Waals surface area contributed by atoms with E-state index in [0.717, 1.165) is 13.0 Å². The number of amides is 2. The Balaban J connectivity index is 0.000000412. The number of carbonyl (C=O) groups is 3. The van der Waals surface area contributed by atoms with Crippen LogP contribution in [-0.4, -0.2) is 103 Å². The van der Waals surface area contributed by atoms with Crippen LogP contribution in [0.3, 0.4) is 0 Å². The zero-order chi connectivity index (χ0) is 20.1. The van der Waals surface area contributed by atoms with Crippen molar-refractivity contribution in [3.63, 3.8) is 0 Å². The van der Waals surface area contributed by atoms with Gasteiger partial charge in [-0.25, -0.2) is 4.79 Å². The van der Waals surface area contributed by atoms with Crippen LogP contribution in [0.4, 0.5) is 13.2 Å². The Morgan fingerprint density at radius 2 is 1.88 bits per heavy atom. The number of ether oxygens (including phenoxy) is 1. The molecular formula is C15H24F3N3O5. The van der Waals surface area contributed by atoms with Crippen LogP contribution in [0.5, 0.6) is 0 Å². The van der Waals surface area contributed by atoms with Gasteiger partial charge in [-0.05, 0) is 20.5 Å². The lowest BCUT2D eigenvalue weighted by molar-refractivity contribution is -0.192. The van der Waals surface area contributed by atoms with E-state index in [9.17, 15) is 22.8 Å². The number of likely N-dealkylation sites (N-methyl/N-ethyl adjacent to an activating group) is 1. The number of fused-ring (bicyclic) bond motifs is 1. The number of nitrogens with zero attached hydrogens (tertiary/aromatic N) is 3. The van der Waals surface area contributed by atoms with Crippen molar-refractivity contribution in [3.05, 3.63) is 0 Å². The maximum absolute atomic E-state index is 12.2. The molecule has 2 rings (SSSR count). The van der Waals surface area contributed by atoms with Gasteiger partial charge in [0.1, 0.15) is 0 Å².